The molecule has 0 spiro atoms. The van der Waals surface area contributed by atoms with E-state index in [1.807, 2.05) is 37.3 Å². The maximum Gasteiger partial charge on any atom is 0.418 e. The number of para-hydroxylation sites is 4. The van der Waals surface area contributed by atoms with Crippen molar-refractivity contribution in [3.8, 4) is 11.4 Å². The van der Waals surface area contributed by atoms with Gasteiger partial charge in [0.15, 0.2) is 0 Å². The Balaban J connectivity index is 1.67. The van der Waals surface area contributed by atoms with Gasteiger partial charge in [-0.1, -0.05) is 73.7 Å². The van der Waals surface area contributed by atoms with E-state index in [1.54, 1.807) is 48.5 Å². The average molecular weight is 601 g/mol. The van der Waals surface area contributed by atoms with Gasteiger partial charge >= 0.3 is 12.2 Å². The van der Waals surface area contributed by atoms with E-state index in [1.165, 1.54) is 34.8 Å². The zero-order valence-electron chi connectivity index (χ0n) is 24.2. The number of carbonyl (C=O) groups is 1. The van der Waals surface area contributed by atoms with E-state index in [2.05, 4.69) is 5.32 Å². The molecule has 0 bridgehead atoms. The van der Waals surface area contributed by atoms with Crippen LogP contribution in [-0.2, 0) is 12.6 Å². The molecule has 0 saturated carbocycles. The molecule has 226 valence electrons. The van der Waals surface area contributed by atoms with Gasteiger partial charge in [0.2, 0.25) is 0 Å². The van der Waals surface area contributed by atoms with Crippen LogP contribution >= 0.6 is 0 Å². The summed E-state index contributed by atoms with van der Waals surface area (Å²) in [5, 5.41) is 2.87. The Hall–Kier alpha value is -5.12. The number of aromatic nitrogens is 2. The zero-order chi connectivity index (χ0) is 31.3. The first-order valence-electron chi connectivity index (χ1n) is 14.2. The molecule has 1 N–H and O–H groups in total. The van der Waals surface area contributed by atoms with Crippen molar-refractivity contribution < 1.29 is 22.7 Å². The first-order chi connectivity index (χ1) is 21.2. The van der Waals surface area contributed by atoms with Gasteiger partial charge in [0.1, 0.15) is 11.6 Å². The van der Waals surface area contributed by atoms with Crippen LogP contribution in [0.4, 0.5) is 23.7 Å². The Kier molecular flexibility index (Phi) is 8.99. The molecular weight excluding hydrogens is 569 g/mol. The highest BCUT2D eigenvalue weighted by Gasteiger charge is 2.35. The van der Waals surface area contributed by atoms with E-state index in [-0.39, 0.29) is 23.6 Å². The maximum absolute atomic E-state index is 14.1. The molecular formula is C34H31F3N4O3. The van der Waals surface area contributed by atoms with E-state index in [0.717, 1.165) is 11.6 Å². The minimum Gasteiger partial charge on any atom is -0.495 e. The highest BCUT2D eigenvalue weighted by molar-refractivity contribution is 5.90. The summed E-state index contributed by atoms with van der Waals surface area (Å²) in [5.74, 6) is 0.676. The Morgan fingerprint density at radius 1 is 0.932 bits per heavy atom. The topological polar surface area (TPSA) is 76.5 Å². The molecule has 1 unspecified atom stereocenters. The van der Waals surface area contributed by atoms with E-state index in [0.29, 0.717) is 35.2 Å². The van der Waals surface area contributed by atoms with Crippen LogP contribution in [0.3, 0.4) is 0 Å². The molecule has 4 aromatic carbocycles. The van der Waals surface area contributed by atoms with Crippen molar-refractivity contribution in [3.05, 3.63) is 130 Å². The first kappa shape index (κ1) is 30.3. The van der Waals surface area contributed by atoms with Gasteiger partial charge in [-0.05, 0) is 54.8 Å². The third-order valence-corrected chi connectivity index (χ3v) is 7.41. The number of rotatable bonds is 9. The van der Waals surface area contributed by atoms with E-state index in [9.17, 15) is 22.8 Å². The lowest BCUT2D eigenvalue weighted by molar-refractivity contribution is -0.136. The number of nitrogens with one attached hydrogen (secondary N) is 1. The molecule has 0 fully saturated rings. The van der Waals surface area contributed by atoms with Crippen molar-refractivity contribution >= 4 is 22.6 Å². The number of benzene rings is 4. The summed E-state index contributed by atoms with van der Waals surface area (Å²) in [4.78, 5) is 34.4. The number of hydrogen-bond acceptors (Lipinski definition) is 4. The maximum atomic E-state index is 14.1. The van der Waals surface area contributed by atoms with Crippen molar-refractivity contribution in [2.45, 2.75) is 32.0 Å². The van der Waals surface area contributed by atoms with E-state index in [4.69, 9.17) is 9.72 Å². The largest absolute Gasteiger partial charge is 0.495 e. The summed E-state index contributed by atoms with van der Waals surface area (Å²) < 4.78 is 48.5. The van der Waals surface area contributed by atoms with Gasteiger partial charge in [-0.15, -0.1) is 0 Å². The number of fused-ring (bicyclic) bond motifs is 1. The third kappa shape index (κ3) is 6.29. The number of halogens is 3. The fourth-order valence-electron chi connectivity index (χ4n) is 5.28. The molecule has 0 aliphatic rings. The summed E-state index contributed by atoms with van der Waals surface area (Å²) in [6.45, 7) is 1.97. The van der Waals surface area contributed by atoms with Gasteiger partial charge < -0.3 is 15.0 Å². The van der Waals surface area contributed by atoms with Crippen LogP contribution in [0.5, 0.6) is 5.75 Å². The lowest BCUT2D eigenvalue weighted by Crippen LogP contribution is -2.42. The molecule has 1 aromatic heterocycles. The fraction of sp³-hybridized carbons (Fsp3) is 0.206. The van der Waals surface area contributed by atoms with Gasteiger partial charge in [0, 0.05) is 6.54 Å². The van der Waals surface area contributed by atoms with Crippen molar-refractivity contribution in [2.75, 3.05) is 19.0 Å². The standard InChI is InChI=1S/C34H31F3N4O3/c1-3-28(31-38-26-17-9-7-15-24(26)32(42)41(31)29-19-11-12-20-30(29)44-2)40(22-21-23-13-5-4-6-14-23)33(43)39-27-18-10-8-16-25(27)34(35,36)37/h4-20,28H,3,21-22H2,1-2H3,(H,39,43). The molecule has 1 atom stereocenters. The number of ether oxygens (including phenoxy) is 1. The summed E-state index contributed by atoms with van der Waals surface area (Å²) in [6.07, 6.45) is -3.95. The van der Waals surface area contributed by atoms with Crippen LogP contribution in [0, 0.1) is 0 Å². The summed E-state index contributed by atoms with van der Waals surface area (Å²) in [6, 6.07) is 26.6. The highest BCUT2D eigenvalue weighted by atomic mass is 19.4. The van der Waals surface area contributed by atoms with Gasteiger partial charge in [-0.2, -0.15) is 13.2 Å². The Morgan fingerprint density at radius 2 is 1.59 bits per heavy atom. The fourth-order valence-corrected chi connectivity index (χ4v) is 5.28. The molecule has 1 heterocycles. The highest BCUT2D eigenvalue weighted by Crippen LogP contribution is 2.35. The van der Waals surface area contributed by atoms with E-state index < -0.39 is 23.8 Å². The summed E-state index contributed by atoms with van der Waals surface area (Å²) >= 11 is 0. The summed E-state index contributed by atoms with van der Waals surface area (Å²) in [5.41, 5.74) is 0.113. The first-order valence-corrected chi connectivity index (χ1v) is 14.2. The minimum absolute atomic E-state index is 0.136. The number of anilines is 1. The number of amides is 2. The molecule has 0 aliphatic heterocycles. The normalized spacial score (nSPS) is 12.1. The predicted molar refractivity (Wildman–Crippen MR) is 164 cm³/mol. The van der Waals surface area contributed by atoms with Gasteiger partial charge in [-0.3, -0.25) is 9.36 Å². The number of carbonyl (C=O) groups excluding carboxylic acids is 1. The molecule has 0 saturated heterocycles. The molecule has 10 heteroatoms. The summed E-state index contributed by atoms with van der Waals surface area (Å²) in [7, 11) is 1.49. The van der Waals surface area contributed by atoms with Crippen molar-refractivity contribution in [2.24, 2.45) is 0 Å². The molecule has 0 radical (unpaired) electrons. The van der Waals surface area contributed by atoms with Crippen LogP contribution in [0.25, 0.3) is 16.6 Å². The second kappa shape index (κ2) is 13.0. The quantitative estimate of drug-likeness (QED) is 0.189. The van der Waals surface area contributed by atoms with Crippen LogP contribution in [0.1, 0.15) is 36.3 Å². The van der Waals surface area contributed by atoms with Gasteiger partial charge in [0.05, 0.1) is 41.0 Å². The average Bonchev–Trinajstić information content (AvgIpc) is 3.03. The van der Waals surface area contributed by atoms with Gasteiger partial charge in [0.25, 0.3) is 5.56 Å². The van der Waals surface area contributed by atoms with Crippen molar-refractivity contribution in [3.63, 3.8) is 0 Å². The smallest absolute Gasteiger partial charge is 0.418 e. The van der Waals surface area contributed by atoms with E-state index >= 15 is 0 Å². The predicted octanol–water partition coefficient (Wildman–Crippen LogP) is 7.64. The van der Waals surface area contributed by atoms with Crippen LogP contribution in [-0.4, -0.2) is 34.1 Å². The van der Waals surface area contributed by atoms with Crippen molar-refractivity contribution in [1.82, 2.24) is 14.5 Å². The Labute approximate surface area is 252 Å². The number of methoxy groups -OCH3 is 1. The number of urea groups is 1. The molecule has 44 heavy (non-hydrogen) atoms. The third-order valence-electron chi connectivity index (χ3n) is 7.41. The number of hydrogen-bond donors (Lipinski definition) is 1. The number of nitrogens with zero attached hydrogens (tertiary/aromatic N) is 3. The lowest BCUT2D eigenvalue weighted by atomic mass is 10.1. The molecule has 7 nitrogen and oxygen atoms in total. The van der Waals surface area contributed by atoms with Gasteiger partial charge in [-0.25, -0.2) is 9.78 Å². The number of alkyl halides is 3. The van der Waals surface area contributed by atoms with Crippen LogP contribution < -0.4 is 15.6 Å². The van der Waals surface area contributed by atoms with Crippen LogP contribution in [0.2, 0.25) is 0 Å². The zero-order valence-corrected chi connectivity index (χ0v) is 24.2. The Bertz CT molecular complexity index is 1820. The Morgan fingerprint density at radius 3 is 2.32 bits per heavy atom. The molecule has 5 rings (SSSR count). The monoisotopic (exact) mass is 600 g/mol. The second-order valence-electron chi connectivity index (χ2n) is 10.1. The SMILES string of the molecule is CCC(c1nc2ccccc2c(=O)n1-c1ccccc1OC)N(CCc1ccccc1)C(=O)Nc1ccccc1C(F)(F)F. The van der Waals surface area contributed by atoms with Crippen molar-refractivity contribution in [1.29, 1.82) is 0 Å². The second-order valence-corrected chi connectivity index (χ2v) is 10.1. The van der Waals surface area contributed by atoms with Crippen LogP contribution in [0.15, 0.2) is 108 Å². The lowest BCUT2D eigenvalue weighted by Gasteiger charge is -2.33. The molecule has 2 amide bonds. The minimum atomic E-state index is -4.67. The molecule has 0 aliphatic carbocycles. The molecule has 5 aromatic rings.